The number of esters is 1. The molecule has 1 aromatic rings. The van der Waals surface area contributed by atoms with E-state index in [2.05, 4.69) is 9.47 Å². The standard InChI is InChI=1S/C14H16FN4O9P/c1-8(20)27-10-5-12(19-6-9(15)13(21)17-14(19)22)28-11(10)7-26-29(24,18-23)25-4-2-3-16/h6,10-12H,2,4-5,7H2,1H3,(H,17,21,22). The Morgan fingerprint density at radius 1 is 1.52 bits per heavy atom. The molecule has 0 radical (unpaired) electrons. The molecule has 15 heteroatoms. The summed E-state index contributed by atoms with van der Waals surface area (Å²) in [6.45, 7) is 0.150. The Bertz CT molecular complexity index is 971. The fourth-order valence-electron chi connectivity index (χ4n) is 2.49. The van der Waals surface area contributed by atoms with Crippen LogP contribution in [-0.4, -0.2) is 40.9 Å². The Balaban J connectivity index is 2.16. The van der Waals surface area contributed by atoms with Crippen molar-refractivity contribution in [2.75, 3.05) is 13.2 Å². The third kappa shape index (κ3) is 5.88. The summed E-state index contributed by atoms with van der Waals surface area (Å²) < 4.78 is 46.5. The van der Waals surface area contributed by atoms with E-state index >= 15 is 0 Å². The number of H-pyrrole nitrogens is 1. The molecule has 13 nitrogen and oxygen atoms in total. The van der Waals surface area contributed by atoms with Crippen molar-refractivity contribution in [2.24, 2.45) is 4.95 Å². The normalized spacial score (nSPS) is 23.1. The number of nitrogens with zero attached hydrogens (tertiary/aromatic N) is 3. The summed E-state index contributed by atoms with van der Waals surface area (Å²) >= 11 is 0. The fraction of sp³-hybridized carbons (Fsp3) is 0.571. The molecule has 2 heterocycles. The van der Waals surface area contributed by atoms with E-state index in [9.17, 15) is 28.2 Å². The first-order chi connectivity index (χ1) is 13.7. The van der Waals surface area contributed by atoms with Gasteiger partial charge in [0.05, 0.1) is 31.9 Å². The predicted molar refractivity (Wildman–Crippen MR) is 90.9 cm³/mol. The van der Waals surface area contributed by atoms with Crippen LogP contribution in [0.2, 0.25) is 0 Å². The van der Waals surface area contributed by atoms with Crippen molar-refractivity contribution in [3.05, 3.63) is 37.8 Å². The molecular formula is C14H16FN4O9P. The maximum atomic E-state index is 13.5. The summed E-state index contributed by atoms with van der Waals surface area (Å²) in [5.41, 5.74) is -2.18. The van der Waals surface area contributed by atoms with Crippen LogP contribution < -0.4 is 11.2 Å². The molecule has 0 spiro atoms. The molecule has 1 N–H and O–H groups in total. The van der Waals surface area contributed by atoms with Crippen LogP contribution >= 0.6 is 7.75 Å². The Morgan fingerprint density at radius 3 is 2.86 bits per heavy atom. The largest absolute Gasteiger partial charge is 0.489 e. The molecular weight excluding hydrogens is 418 g/mol. The second-order valence-corrected chi connectivity index (χ2v) is 7.36. The lowest BCUT2D eigenvalue weighted by Gasteiger charge is -2.19. The molecule has 1 saturated heterocycles. The summed E-state index contributed by atoms with van der Waals surface area (Å²) in [6.07, 6.45) is -2.97. The van der Waals surface area contributed by atoms with Gasteiger partial charge in [-0.1, -0.05) is 0 Å². The zero-order chi connectivity index (χ0) is 21.6. The predicted octanol–water partition coefficient (Wildman–Crippen LogP) is 0.716. The monoisotopic (exact) mass is 434 g/mol. The van der Waals surface area contributed by atoms with Crippen LogP contribution in [0.25, 0.3) is 0 Å². The molecule has 29 heavy (non-hydrogen) atoms. The van der Waals surface area contributed by atoms with Crippen LogP contribution in [0.3, 0.4) is 0 Å². The SMILES string of the molecule is CC(=O)OC1CC(n2cc(F)c(=O)[nH]c2=O)OC1COP(=O)(N=O)OCCC#N. The Hall–Kier alpha value is -2.72. The van der Waals surface area contributed by atoms with Crippen molar-refractivity contribution >= 4 is 13.7 Å². The van der Waals surface area contributed by atoms with E-state index in [1.54, 1.807) is 11.1 Å². The molecule has 0 aliphatic carbocycles. The van der Waals surface area contributed by atoms with Crippen molar-refractivity contribution in [2.45, 2.75) is 38.2 Å². The van der Waals surface area contributed by atoms with Crippen molar-refractivity contribution < 1.29 is 32.3 Å². The highest BCUT2D eigenvalue weighted by Gasteiger charge is 2.41. The average Bonchev–Trinajstić information content (AvgIpc) is 3.05. The minimum atomic E-state index is -4.44. The molecule has 4 unspecified atom stereocenters. The van der Waals surface area contributed by atoms with Crippen LogP contribution in [0.5, 0.6) is 0 Å². The Kier molecular flexibility index (Phi) is 7.52. The van der Waals surface area contributed by atoms with Gasteiger partial charge in [0.1, 0.15) is 18.4 Å². The van der Waals surface area contributed by atoms with Gasteiger partial charge in [-0.05, 0) is 0 Å². The smallest absolute Gasteiger partial charge is 0.460 e. The van der Waals surface area contributed by atoms with Crippen molar-refractivity contribution in [3.8, 4) is 6.07 Å². The maximum absolute atomic E-state index is 13.5. The number of aromatic nitrogens is 2. The van der Waals surface area contributed by atoms with Gasteiger partial charge in [-0.2, -0.15) is 9.65 Å². The first-order valence-electron chi connectivity index (χ1n) is 8.13. The van der Waals surface area contributed by atoms with Crippen molar-refractivity contribution in [1.29, 1.82) is 5.26 Å². The quantitative estimate of drug-likeness (QED) is 0.252. The van der Waals surface area contributed by atoms with Crippen LogP contribution in [0.4, 0.5) is 4.39 Å². The number of ether oxygens (including phenoxy) is 2. The number of aromatic amines is 1. The van der Waals surface area contributed by atoms with E-state index in [0.29, 0.717) is 6.20 Å². The number of nitroso groups, excluding NO2 is 1. The number of rotatable bonds is 9. The minimum absolute atomic E-state index is 0.132. The molecule has 158 valence electrons. The molecule has 0 bridgehead atoms. The molecule has 0 saturated carbocycles. The molecule has 1 aliphatic heterocycles. The van der Waals surface area contributed by atoms with E-state index in [1.807, 2.05) is 0 Å². The zero-order valence-electron chi connectivity index (χ0n) is 15.0. The Morgan fingerprint density at radius 2 is 2.24 bits per heavy atom. The van der Waals surface area contributed by atoms with E-state index in [-0.39, 0.29) is 19.4 Å². The van der Waals surface area contributed by atoms with Gasteiger partial charge in [-0.25, -0.2) is 9.36 Å². The van der Waals surface area contributed by atoms with Crippen molar-refractivity contribution in [3.63, 3.8) is 0 Å². The van der Waals surface area contributed by atoms with Gasteiger partial charge in [0.15, 0.2) is 0 Å². The highest BCUT2D eigenvalue weighted by Crippen LogP contribution is 2.50. The maximum Gasteiger partial charge on any atom is 0.489 e. The van der Waals surface area contributed by atoms with E-state index in [0.717, 1.165) is 11.5 Å². The van der Waals surface area contributed by atoms with Crippen LogP contribution in [0.15, 0.2) is 20.7 Å². The van der Waals surface area contributed by atoms with Gasteiger partial charge < -0.3 is 9.47 Å². The molecule has 0 aromatic carbocycles. The Labute approximate surface area is 161 Å². The fourth-order valence-corrected chi connectivity index (χ4v) is 3.32. The van der Waals surface area contributed by atoms with Gasteiger partial charge in [0.2, 0.25) is 5.82 Å². The minimum Gasteiger partial charge on any atom is -0.460 e. The van der Waals surface area contributed by atoms with Gasteiger partial charge in [-0.15, -0.1) is 4.91 Å². The summed E-state index contributed by atoms with van der Waals surface area (Å²) in [7, 11) is -4.44. The second-order valence-electron chi connectivity index (χ2n) is 5.74. The molecule has 1 fully saturated rings. The number of nitriles is 1. The van der Waals surface area contributed by atoms with Crippen LogP contribution in [-0.2, 0) is 27.9 Å². The van der Waals surface area contributed by atoms with E-state index in [4.69, 9.17) is 19.3 Å². The van der Waals surface area contributed by atoms with Crippen LogP contribution in [0, 0.1) is 22.1 Å². The number of carbonyl (C=O) groups excluding carboxylic acids is 1. The molecule has 0 amide bonds. The third-order valence-electron chi connectivity index (χ3n) is 3.70. The number of halogens is 1. The number of hydrogen-bond donors (Lipinski definition) is 1. The number of hydrogen-bond acceptors (Lipinski definition) is 10. The molecule has 4 atom stereocenters. The first-order valence-corrected chi connectivity index (χ1v) is 9.63. The van der Waals surface area contributed by atoms with Gasteiger partial charge in [-0.3, -0.25) is 28.2 Å². The van der Waals surface area contributed by atoms with Gasteiger partial charge in [0, 0.05) is 18.3 Å². The summed E-state index contributed by atoms with van der Waals surface area (Å²) in [5, 5.41) is 8.44. The number of nitrogens with one attached hydrogen (secondary N) is 1. The highest BCUT2D eigenvalue weighted by atomic mass is 31.2. The lowest BCUT2D eigenvalue weighted by molar-refractivity contribution is -0.150. The lowest BCUT2D eigenvalue weighted by atomic mass is 10.2. The molecule has 1 aromatic heterocycles. The van der Waals surface area contributed by atoms with E-state index in [1.165, 1.54) is 0 Å². The topological polar surface area (TPSA) is 179 Å². The lowest BCUT2D eigenvalue weighted by Crippen LogP contribution is -2.34. The first kappa shape index (κ1) is 22.6. The summed E-state index contributed by atoms with van der Waals surface area (Å²) in [6, 6.07) is 1.71. The van der Waals surface area contributed by atoms with Gasteiger partial charge in [0.25, 0.3) is 5.56 Å². The van der Waals surface area contributed by atoms with Crippen LogP contribution in [0.1, 0.15) is 26.0 Å². The molecule has 2 rings (SSSR count). The average molecular weight is 434 g/mol. The molecule has 1 aliphatic rings. The summed E-state index contributed by atoms with van der Waals surface area (Å²) in [4.78, 5) is 49.2. The van der Waals surface area contributed by atoms with Crippen molar-refractivity contribution in [1.82, 2.24) is 9.55 Å². The number of carbonyl (C=O) groups is 1. The second kappa shape index (κ2) is 9.66. The van der Waals surface area contributed by atoms with Gasteiger partial charge >= 0.3 is 19.4 Å². The third-order valence-corrected chi connectivity index (χ3v) is 4.89. The summed E-state index contributed by atoms with van der Waals surface area (Å²) in [5.74, 6) is -1.94. The zero-order valence-corrected chi connectivity index (χ0v) is 15.9. The van der Waals surface area contributed by atoms with E-state index < -0.39 is 55.8 Å². The highest BCUT2D eigenvalue weighted by molar-refractivity contribution is 7.52.